The Morgan fingerprint density at radius 1 is 1.39 bits per heavy atom. The molecule has 11 heteroatoms. The maximum Gasteiger partial charge on any atom is 0.414 e. The van der Waals surface area contributed by atoms with Crippen molar-refractivity contribution in [2.75, 3.05) is 62.8 Å². The van der Waals surface area contributed by atoms with Gasteiger partial charge in [0.15, 0.2) is 0 Å². The molecule has 0 spiro atoms. The number of anilines is 2. The number of methoxy groups -OCH3 is 1. The fourth-order valence-electron chi connectivity index (χ4n) is 3.23. The maximum atomic E-state index is 14.7. The fourth-order valence-corrected chi connectivity index (χ4v) is 3.23. The highest BCUT2D eigenvalue weighted by Gasteiger charge is 2.33. The van der Waals surface area contributed by atoms with Crippen LogP contribution in [-0.4, -0.2) is 76.0 Å². The van der Waals surface area contributed by atoms with E-state index < -0.39 is 18.0 Å². The molecule has 10 nitrogen and oxygen atoms in total. The lowest BCUT2D eigenvalue weighted by atomic mass is 10.2. The van der Waals surface area contributed by atoms with E-state index in [1.54, 1.807) is 29.0 Å². The van der Waals surface area contributed by atoms with Gasteiger partial charge in [-0.2, -0.15) is 0 Å². The van der Waals surface area contributed by atoms with E-state index in [1.807, 2.05) is 0 Å². The van der Waals surface area contributed by atoms with Gasteiger partial charge in [-0.3, -0.25) is 9.69 Å². The van der Waals surface area contributed by atoms with Crippen molar-refractivity contribution in [2.45, 2.75) is 6.10 Å². The number of ether oxygens (including phenoxy) is 2. The molecule has 2 amide bonds. The summed E-state index contributed by atoms with van der Waals surface area (Å²) in [4.78, 5) is 31.5. The molecule has 28 heavy (non-hydrogen) atoms. The van der Waals surface area contributed by atoms with Crippen LogP contribution in [0.4, 0.5) is 20.6 Å². The number of nitrogens with zero attached hydrogens (tertiary/aromatic N) is 6. The SMILES string of the molecule is COCCN1CCN(c2ccc(N3C[C@H](CN=[N+]=[N-])OC3=O)cc2F)CC1=O. The smallest absolute Gasteiger partial charge is 0.414 e. The molecule has 1 aromatic carbocycles. The van der Waals surface area contributed by atoms with Gasteiger partial charge in [-0.15, -0.1) is 0 Å². The minimum atomic E-state index is -0.618. The van der Waals surface area contributed by atoms with Gasteiger partial charge in [0.25, 0.3) is 0 Å². The number of hydrogen-bond donors (Lipinski definition) is 0. The average molecular weight is 392 g/mol. The van der Waals surface area contributed by atoms with Crippen LogP contribution in [0.5, 0.6) is 0 Å². The monoisotopic (exact) mass is 392 g/mol. The zero-order valence-corrected chi connectivity index (χ0v) is 15.5. The second kappa shape index (κ2) is 8.77. The van der Waals surface area contributed by atoms with E-state index in [9.17, 15) is 14.0 Å². The van der Waals surface area contributed by atoms with Crippen LogP contribution in [0, 0.1) is 5.82 Å². The van der Waals surface area contributed by atoms with E-state index in [1.165, 1.54) is 11.0 Å². The Hall–Kier alpha value is -3.04. The predicted molar refractivity (Wildman–Crippen MR) is 98.7 cm³/mol. The Balaban J connectivity index is 1.67. The van der Waals surface area contributed by atoms with E-state index in [4.69, 9.17) is 15.0 Å². The molecule has 2 heterocycles. The third-order valence-corrected chi connectivity index (χ3v) is 4.69. The lowest BCUT2D eigenvalue weighted by Gasteiger charge is -2.35. The quantitative estimate of drug-likeness (QED) is 0.399. The topological polar surface area (TPSA) is 111 Å². The summed E-state index contributed by atoms with van der Waals surface area (Å²) >= 11 is 0. The number of azide groups is 1. The summed E-state index contributed by atoms with van der Waals surface area (Å²) in [5.74, 6) is -0.613. The largest absolute Gasteiger partial charge is 0.444 e. The molecule has 2 aliphatic heterocycles. The van der Waals surface area contributed by atoms with Crippen molar-refractivity contribution in [3.05, 3.63) is 34.5 Å². The molecule has 2 saturated heterocycles. The second-order valence-electron chi connectivity index (χ2n) is 6.46. The summed E-state index contributed by atoms with van der Waals surface area (Å²) in [6.45, 7) is 2.25. The molecule has 0 saturated carbocycles. The van der Waals surface area contributed by atoms with Gasteiger partial charge in [-0.1, -0.05) is 5.11 Å². The lowest BCUT2D eigenvalue weighted by molar-refractivity contribution is -0.131. The highest BCUT2D eigenvalue weighted by Crippen LogP contribution is 2.28. The van der Waals surface area contributed by atoms with Crippen LogP contribution in [0.15, 0.2) is 23.3 Å². The number of carbonyl (C=O) groups excluding carboxylic acids is 2. The van der Waals surface area contributed by atoms with E-state index in [2.05, 4.69) is 10.0 Å². The molecule has 0 unspecified atom stereocenters. The number of carbonyl (C=O) groups is 2. The van der Waals surface area contributed by atoms with Crippen LogP contribution >= 0.6 is 0 Å². The number of amides is 2. The summed E-state index contributed by atoms with van der Waals surface area (Å²) in [7, 11) is 1.58. The third kappa shape index (κ3) is 4.26. The molecule has 2 fully saturated rings. The first-order valence-electron chi connectivity index (χ1n) is 8.83. The zero-order valence-electron chi connectivity index (χ0n) is 15.5. The lowest BCUT2D eigenvalue weighted by Crippen LogP contribution is -2.51. The molecule has 0 bridgehead atoms. The first-order chi connectivity index (χ1) is 13.5. The number of halogens is 1. The Bertz CT molecular complexity index is 800. The van der Waals surface area contributed by atoms with Crippen LogP contribution in [0.1, 0.15) is 0 Å². The minimum absolute atomic E-state index is 0.0226. The second-order valence-corrected chi connectivity index (χ2v) is 6.46. The van der Waals surface area contributed by atoms with Gasteiger partial charge in [0.1, 0.15) is 11.9 Å². The van der Waals surface area contributed by atoms with Gasteiger partial charge in [0.2, 0.25) is 5.91 Å². The van der Waals surface area contributed by atoms with Crippen molar-refractivity contribution in [3.8, 4) is 0 Å². The van der Waals surface area contributed by atoms with Crippen LogP contribution in [0.2, 0.25) is 0 Å². The number of piperazine rings is 1. The minimum Gasteiger partial charge on any atom is -0.444 e. The van der Waals surface area contributed by atoms with Gasteiger partial charge in [0.05, 0.1) is 37.6 Å². The van der Waals surface area contributed by atoms with Gasteiger partial charge in [-0.05, 0) is 23.7 Å². The molecule has 2 aliphatic rings. The van der Waals surface area contributed by atoms with E-state index in [-0.39, 0.29) is 25.5 Å². The molecule has 0 radical (unpaired) electrons. The summed E-state index contributed by atoms with van der Waals surface area (Å²) in [6, 6.07) is 4.41. The fraction of sp³-hybridized carbons (Fsp3) is 0.529. The molecular weight excluding hydrogens is 371 g/mol. The number of rotatable bonds is 7. The molecule has 0 aliphatic carbocycles. The van der Waals surface area contributed by atoms with Crippen LogP contribution < -0.4 is 9.80 Å². The number of cyclic esters (lactones) is 1. The molecule has 0 N–H and O–H groups in total. The van der Waals surface area contributed by atoms with Crippen LogP contribution in [0.25, 0.3) is 10.4 Å². The van der Waals surface area contributed by atoms with Crippen LogP contribution in [0.3, 0.4) is 0 Å². The van der Waals surface area contributed by atoms with Crippen LogP contribution in [-0.2, 0) is 14.3 Å². The predicted octanol–water partition coefficient (Wildman–Crippen LogP) is 1.76. The Morgan fingerprint density at radius 3 is 2.89 bits per heavy atom. The Morgan fingerprint density at radius 2 is 2.21 bits per heavy atom. The van der Waals surface area contributed by atoms with Crippen molar-refractivity contribution in [1.29, 1.82) is 0 Å². The average Bonchev–Trinajstić information content (AvgIpc) is 3.06. The highest BCUT2D eigenvalue weighted by atomic mass is 19.1. The van der Waals surface area contributed by atoms with E-state index in [0.29, 0.717) is 37.6 Å². The third-order valence-electron chi connectivity index (χ3n) is 4.69. The van der Waals surface area contributed by atoms with Gasteiger partial charge in [0, 0.05) is 31.7 Å². The van der Waals surface area contributed by atoms with E-state index in [0.717, 1.165) is 0 Å². The normalized spacial score (nSPS) is 19.6. The summed E-state index contributed by atoms with van der Waals surface area (Å²) in [6.07, 6.45) is -1.18. The molecule has 1 aromatic rings. The number of benzene rings is 1. The zero-order chi connectivity index (χ0) is 20.1. The first kappa shape index (κ1) is 19.7. The Kier molecular flexibility index (Phi) is 6.17. The van der Waals surface area contributed by atoms with Crippen molar-refractivity contribution < 1.29 is 23.5 Å². The van der Waals surface area contributed by atoms with Crippen molar-refractivity contribution >= 4 is 23.4 Å². The maximum absolute atomic E-state index is 14.7. The summed E-state index contributed by atoms with van der Waals surface area (Å²) in [5.41, 5.74) is 9.01. The number of hydrogen-bond acceptors (Lipinski definition) is 6. The molecular formula is C17H21FN6O4. The molecule has 3 rings (SSSR count). The summed E-state index contributed by atoms with van der Waals surface area (Å²) in [5, 5.41) is 3.39. The molecule has 1 atom stereocenters. The van der Waals surface area contributed by atoms with Gasteiger partial charge < -0.3 is 19.3 Å². The molecule has 0 aromatic heterocycles. The van der Waals surface area contributed by atoms with E-state index >= 15 is 0 Å². The van der Waals surface area contributed by atoms with Crippen molar-refractivity contribution in [3.63, 3.8) is 0 Å². The van der Waals surface area contributed by atoms with Crippen molar-refractivity contribution in [1.82, 2.24) is 4.90 Å². The van der Waals surface area contributed by atoms with Gasteiger partial charge >= 0.3 is 6.09 Å². The first-order valence-corrected chi connectivity index (χ1v) is 8.83. The summed E-state index contributed by atoms with van der Waals surface area (Å²) < 4.78 is 24.8. The highest BCUT2D eigenvalue weighted by molar-refractivity contribution is 5.90. The van der Waals surface area contributed by atoms with Crippen molar-refractivity contribution in [2.24, 2.45) is 5.11 Å². The Labute approximate surface area is 161 Å². The molecule has 150 valence electrons. The standard InChI is InChI=1S/C17H21FN6O4/c1-27-7-6-22-4-5-23(11-16(22)25)15-3-2-12(8-14(15)18)24-10-13(9-20-21-19)28-17(24)26/h2-3,8,13H,4-7,9-11H2,1H3/t13-/m0/s1. The van der Waals surface area contributed by atoms with Gasteiger partial charge in [-0.25, -0.2) is 9.18 Å².